The fourth-order valence-electron chi connectivity index (χ4n) is 5.19. The minimum Gasteiger partial charge on any atom is -0.393 e. The SMILES string of the molecule is O=C1CCN(N2CCC(O)CC2)C(N2CCC(O)C2)(N2CC(O)C(O)C2)C1. The fraction of sp³-hybridized carbons (Fsp3) is 0.944. The quantitative estimate of drug-likeness (QED) is 0.430. The minimum absolute atomic E-state index is 0.167. The molecule has 0 aromatic heterocycles. The first-order valence-electron chi connectivity index (χ1n) is 10.2. The molecule has 154 valence electrons. The maximum atomic E-state index is 12.6. The zero-order chi connectivity index (χ0) is 19.2. The lowest BCUT2D eigenvalue weighted by Crippen LogP contribution is -2.75. The van der Waals surface area contributed by atoms with E-state index >= 15 is 0 Å². The first-order chi connectivity index (χ1) is 12.9. The molecule has 0 spiro atoms. The topological polar surface area (TPSA) is 111 Å². The molecule has 27 heavy (non-hydrogen) atoms. The van der Waals surface area contributed by atoms with Crippen LogP contribution in [0.3, 0.4) is 0 Å². The summed E-state index contributed by atoms with van der Waals surface area (Å²) in [6.07, 6.45) is 0.402. The lowest BCUT2D eigenvalue weighted by atomic mass is 9.98. The molecule has 0 aliphatic carbocycles. The summed E-state index contributed by atoms with van der Waals surface area (Å²) in [6.45, 7) is 3.75. The number of rotatable bonds is 3. The van der Waals surface area contributed by atoms with Crippen molar-refractivity contribution in [3.63, 3.8) is 0 Å². The van der Waals surface area contributed by atoms with Crippen LogP contribution in [0.4, 0.5) is 0 Å². The highest BCUT2D eigenvalue weighted by molar-refractivity contribution is 5.80. The summed E-state index contributed by atoms with van der Waals surface area (Å²) in [6, 6.07) is 0. The van der Waals surface area contributed by atoms with Gasteiger partial charge in [0.15, 0.2) is 5.79 Å². The molecule has 4 heterocycles. The summed E-state index contributed by atoms with van der Waals surface area (Å²) in [5.74, 6) is -0.603. The van der Waals surface area contributed by atoms with Crippen LogP contribution in [0.15, 0.2) is 0 Å². The van der Waals surface area contributed by atoms with Crippen LogP contribution >= 0.6 is 0 Å². The van der Waals surface area contributed by atoms with Gasteiger partial charge >= 0.3 is 0 Å². The van der Waals surface area contributed by atoms with Crippen LogP contribution in [0, 0.1) is 0 Å². The average molecular weight is 384 g/mol. The second kappa shape index (κ2) is 7.64. The number of hydrogen-bond acceptors (Lipinski definition) is 9. The van der Waals surface area contributed by atoms with E-state index in [0.717, 1.165) is 0 Å². The second-order valence-corrected chi connectivity index (χ2v) is 8.48. The number of likely N-dealkylation sites (tertiary alicyclic amines) is 2. The van der Waals surface area contributed by atoms with Crippen molar-refractivity contribution in [3.05, 3.63) is 0 Å². The number of piperidine rings is 2. The zero-order valence-electron chi connectivity index (χ0n) is 15.8. The van der Waals surface area contributed by atoms with E-state index in [9.17, 15) is 25.2 Å². The number of hydrogen-bond donors (Lipinski definition) is 4. The molecule has 4 fully saturated rings. The Morgan fingerprint density at radius 2 is 1.41 bits per heavy atom. The van der Waals surface area contributed by atoms with Gasteiger partial charge in [0.25, 0.3) is 0 Å². The molecule has 0 amide bonds. The van der Waals surface area contributed by atoms with Crippen LogP contribution < -0.4 is 0 Å². The lowest BCUT2D eigenvalue weighted by molar-refractivity contribution is -0.259. The Morgan fingerprint density at radius 1 is 0.778 bits per heavy atom. The number of Topliss-reactive ketones (excluding diaryl/α,β-unsaturated/α-hetero) is 1. The Morgan fingerprint density at radius 3 is 2.00 bits per heavy atom. The molecule has 4 aliphatic heterocycles. The molecular formula is C18H32N4O5. The van der Waals surface area contributed by atoms with E-state index < -0.39 is 24.1 Å². The summed E-state index contributed by atoms with van der Waals surface area (Å²) in [5.41, 5.74) is 0. The first kappa shape index (κ1) is 19.7. The minimum atomic E-state index is -0.837. The van der Waals surface area contributed by atoms with Crippen LogP contribution in [0.2, 0.25) is 0 Å². The van der Waals surface area contributed by atoms with Crippen molar-refractivity contribution in [2.24, 2.45) is 0 Å². The predicted octanol–water partition coefficient (Wildman–Crippen LogP) is -2.22. The molecule has 4 atom stereocenters. The highest BCUT2D eigenvalue weighted by atomic mass is 16.3. The number of β-amino-alcohol motifs (C(OH)–C–C–N with tert-alkyl or cyclic N) is 3. The standard InChI is InChI=1S/C18H32N4O5/c23-13-2-6-21(7-3-13)22-8-4-14(24)9-18(22,19-5-1-15(25)10-19)20-11-16(26)17(27)12-20/h13,15-17,23,25-27H,1-12H2. The van der Waals surface area contributed by atoms with Gasteiger partial charge in [0.2, 0.25) is 0 Å². The number of aliphatic hydroxyl groups excluding tert-OH is 4. The van der Waals surface area contributed by atoms with Crippen molar-refractivity contribution >= 4 is 5.78 Å². The number of aliphatic hydroxyl groups is 4. The molecule has 0 aromatic carbocycles. The fourth-order valence-corrected chi connectivity index (χ4v) is 5.19. The van der Waals surface area contributed by atoms with Gasteiger partial charge in [-0.2, -0.15) is 0 Å². The van der Waals surface area contributed by atoms with E-state index in [2.05, 4.69) is 14.9 Å². The smallest absolute Gasteiger partial charge is 0.151 e. The summed E-state index contributed by atoms with van der Waals surface area (Å²) in [7, 11) is 0. The van der Waals surface area contributed by atoms with Crippen molar-refractivity contribution in [1.82, 2.24) is 19.8 Å². The summed E-state index contributed by atoms with van der Waals surface area (Å²) < 4.78 is 0. The Hall–Kier alpha value is -0.650. The van der Waals surface area contributed by atoms with E-state index in [1.165, 1.54) is 0 Å². The zero-order valence-corrected chi connectivity index (χ0v) is 15.8. The molecule has 9 heteroatoms. The maximum Gasteiger partial charge on any atom is 0.151 e. The van der Waals surface area contributed by atoms with Crippen LogP contribution in [0.25, 0.3) is 0 Å². The lowest BCUT2D eigenvalue weighted by Gasteiger charge is -2.59. The van der Waals surface area contributed by atoms with Gasteiger partial charge in [-0.1, -0.05) is 0 Å². The third-order valence-electron chi connectivity index (χ3n) is 6.67. The number of hydrazine groups is 1. The van der Waals surface area contributed by atoms with Gasteiger partial charge in [-0.3, -0.25) is 14.6 Å². The molecular weight excluding hydrogens is 352 g/mol. The Bertz CT molecular complexity index is 548. The molecule has 4 saturated heterocycles. The van der Waals surface area contributed by atoms with Gasteiger partial charge < -0.3 is 20.4 Å². The molecule has 4 aliphatic rings. The molecule has 0 bridgehead atoms. The second-order valence-electron chi connectivity index (χ2n) is 8.48. The van der Waals surface area contributed by atoms with Crippen molar-refractivity contribution in [2.75, 3.05) is 45.8 Å². The number of carbonyl (C=O) groups is 1. The molecule has 4 rings (SSSR count). The Labute approximate surface area is 159 Å². The van der Waals surface area contributed by atoms with Crippen LogP contribution in [-0.2, 0) is 4.79 Å². The molecule has 0 radical (unpaired) electrons. The summed E-state index contributed by atoms with van der Waals surface area (Å²) in [4.78, 5) is 16.8. The van der Waals surface area contributed by atoms with E-state index in [4.69, 9.17) is 0 Å². The van der Waals surface area contributed by atoms with E-state index in [-0.39, 0.29) is 18.3 Å². The van der Waals surface area contributed by atoms with Crippen molar-refractivity contribution < 1.29 is 25.2 Å². The monoisotopic (exact) mass is 384 g/mol. The Balaban J connectivity index is 1.69. The van der Waals surface area contributed by atoms with E-state index in [1.807, 2.05) is 4.90 Å². The van der Waals surface area contributed by atoms with Gasteiger partial charge in [0.1, 0.15) is 5.78 Å². The number of carbonyl (C=O) groups excluding carboxylic acids is 1. The highest BCUT2D eigenvalue weighted by Crippen LogP contribution is 2.39. The Kier molecular flexibility index (Phi) is 5.56. The van der Waals surface area contributed by atoms with Crippen molar-refractivity contribution in [2.45, 2.75) is 62.3 Å². The molecule has 0 aromatic rings. The summed E-state index contributed by atoms with van der Waals surface area (Å²) in [5, 5.41) is 44.9. The van der Waals surface area contributed by atoms with Crippen LogP contribution in [0.5, 0.6) is 0 Å². The van der Waals surface area contributed by atoms with Gasteiger partial charge in [0, 0.05) is 52.2 Å². The van der Waals surface area contributed by atoms with E-state index in [1.54, 1.807) is 0 Å². The molecule has 4 unspecified atom stereocenters. The third-order valence-corrected chi connectivity index (χ3v) is 6.67. The van der Waals surface area contributed by atoms with Gasteiger partial charge in [0.05, 0.1) is 30.8 Å². The number of ketones is 1. The van der Waals surface area contributed by atoms with Gasteiger partial charge in [-0.25, -0.2) is 10.0 Å². The predicted molar refractivity (Wildman–Crippen MR) is 96.3 cm³/mol. The molecule has 0 saturated carbocycles. The largest absolute Gasteiger partial charge is 0.393 e. The first-order valence-corrected chi connectivity index (χ1v) is 10.2. The van der Waals surface area contributed by atoms with Crippen molar-refractivity contribution in [1.29, 1.82) is 0 Å². The van der Waals surface area contributed by atoms with Gasteiger partial charge in [-0.05, 0) is 19.3 Å². The van der Waals surface area contributed by atoms with Crippen molar-refractivity contribution in [3.8, 4) is 0 Å². The van der Waals surface area contributed by atoms with Crippen LogP contribution in [-0.4, -0.2) is 122 Å². The molecule has 4 N–H and O–H groups in total. The maximum absolute atomic E-state index is 12.6. The van der Waals surface area contributed by atoms with Gasteiger partial charge in [-0.15, -0.1) is 0 Å². The molecule has 9 nitrogen and oxygen atoms in total. The average Bonchev–Trinajstić information content (AvgIpc) is 3.22. The third kappa shape index (κ3) is 3.56. The highest BCUT2D eigenvalue weighted by Gasteiger charge is 2.56. The summed E-state index contributed by atoms with van der Waals surface area (Å²) >= 11 is 0. The van der Waals surface area contributed by atoms with Crippen LogP contribution in [0.1, 0.15) is 32.1 Å². The normalized spacial score (nSPS) is 41.6. The number of nitrogens with zero attached hydrogens (tertiary/aromatic N) is 4. The van der Waals surface area contributed by atoms with E-state index in [0.29, 0.717) is 71.5 Å².